The van der Waals surface area contributed by atoms with Gasteiger partial charge >= 0.3 is 5.97 Å². The van der Waals surface area contributed by atoms with Gasteiger partial charge in [0.05, 0.1) is 11.5 Å². The van der Waals surface area contributed by atoms with Crippen molar-refractivity contribution < 1.29 is 27.6 Å². The van der Waals surface area contributed by atoms with E-state index in [1.807, 2.05) is 43.4 Å². The number of nitrogens with one attached hydrogen (secondary N) is 1. The molecule has 0 atom stereocenters. The molecule has 0 aliphatic rings. The van der Waals surface area contributed by atoms with Crippen LogP contribution in [0.5, 0.6) is 5.88 Å². The molecule has 148 valence electrons. The molecular formula is C17H21IN2O6S. The van der Waals surface area contributed by atoms with Gasteiger partial charge < -0.3 is 14.4 Å². The van der Waals surface area contributed by atoms with Gasteiger partial charge in [0, 0.05) is 6.42 Å². The number of carboxylic acids is 1. The molecule has 0 fully saturated rings. The minimum absolute atomic E-state index is 0.0293. The molecule has 0 aliphatic carbocycles. The number of rotatable bonds is 8. The highest BCUT2D eigenvalue weighted by Crippen LogP contribution is 2.30. The number of anilines is 1. The number of aliphatic carboxylic acids is 1. The standard InChI is InChI=1S/C17H21IN2O6S/c1-17(2,3)11-6-8-12(9-7-11)27(23,24)20-16-14(18)15(19-26-16)25-10-4-5-13(21)22/h6-9,20H,4-5,10H2,1-3H3,(H,21,22). The topological polar surface area (TPSA) is 119 Å². The second-order valence-electron chi connectivity index (χ2n) is 6.86. The Morgan fingerprint density at radius 1 is 1.30 bits per heavy atom. The third-order valence-electron chi connectivity index (χ3n) is 3.64. The number of sulfonamides is 1. The minimum atomic E-state index is -3.84. The van der Waals surface area contributed by atoms with E-state index in [-0.39, 0.29) is 35.1 Å². The second kappa shape index (κ2) is 8.46. The van der Waals surface area contributed by atoms with Gasteiger partial charge in [-0.1, -0.05) is 32.9 Å². The lowest BCUT2D eigenvalue weighted by Gasteiger charge is -2.19. The van der Waals surface area contributed by atoms with Crippen molar-refractivity contribution in [2.24, 2.45) is 0 Å². The van der Waals surface area contributed by atoms with Crippen LogP contribution in [0.2, 0.25) is 0 Å². The summed E-state index contributed by atoms with van der Waals surface area (Å²) in [6, 6.07) is 6.62. The van der Waals surface area contributed by atoms with E-state index in [1.54, 1.807) is 12.1 Å². The average Bonchev–Trinajstić information content (AvgIpc) is 2.90. The van der Waals surface area contributed by atoms with Crippen LogP contribution >= 0.6 is 22.6 Å². The van der Waals surface area contributed by atoms with Crippen molar-refractivity contribution in [3.63, 3.8) is 0 Å². The Balaban J connectivity index is 2.08. The molecule has 0 saturated carbocycles. The predicted octanol–water partition coefficient (Wildman–Crippen LogP) is 3.62. The zero-order valence-corrected chi connectivity index (χ0v) is 18.1. The molecule has 0 unspecified atom stereocenters. The lowest BCUT2D eigenvalue weighted by Crippen LogP contribution is -2.15. The van der Waals surface area contributed by atoms with Crippen molar-refractivity contribution in [2.45, 2.75) is 43.9 Å². The molecule has 2 rings (SSSR count). The summed E-state index contributed by atoms with van der Waals surface area (Å²) in [5.41, 5.74) is 0.941. The summed E-state index contributed by atoms with van der Waals surface area (Å²) in [6.07, 6.45) is 0.276. The van der Waals surface area contributed by atoms with Crippen molar-refractivity contribution in [3.8, 4) is 5.88 Å². The Morgan fingerprint density at radius 3 is 2.48 bits per heavy atom. The van der Waals surface area contributed by atoms with E-state index in [9.17, 15) is 13.2 Å². The largest absolute Gasteiger partial charge is 0.481 e. The predicted molar refractivity (Wildman–Crippen MR) is 108 cm³/mol. The first-order valence-electron chi connectivity index (χ1n) is 8.14. The summed E-state index contributed by atoms with van der Waals surface area (Å²) in [5, 5.41) is 12.3. The van der Waals surface area contributed by atoms with E-state index in [2.05, 4.69) is 9.88 Å². The number of aromatic nitrogens is 1. The van der Waals surface area contributed by atoms with Gasteiger partial charge in [-0.05, 0) is 57.3 Å². The van der Waals surface area contributed by atoms with Crippen molar-refractivity contribution in [2.75, 3.05) is 11.3 Å². The monoisotopic (exact) mass is 508 g/mol. The Morgan fingerprint density at radius 2 is 1.93 bits per heavy atom. The van der Waals surface area contributed by atoms with Crippen LogP contribution in [0.25, 0.3) is 0 Å². The quantitative estimate of drug-likeness (QED) is 0.413. The minimum Gasteiger partial charge on any atom is -0.481 e. The maximum absolute atomic E-state index is 12.6. The molecule has 0 bridgehead atoms. The Kier molecular flexibility index (Phi) is 6.73. The van der Waals surface area contributed by atoms with Gasteiger partial charge in [-0.2, -0.15) is 0 Å². The van der Waals surface area contributed by atoms with Crippen LogP contribution in [-0.4, -0.2) is 31.3 Å². The Bertz CT molecular complexity index is 900. The molecule has 0 saturated heterocycles. The van der Waals surface area contributed by atoms with Crippen LogP contribution in [-0.2, 0) is 20.2 Å². The zero-order chi connectivity index (χ0) is 20.2. The Hall–Kier alpha value is -1.82. The van der Waals surface area contributed by atoms with E-state index in [1.165, 1.54) is 12.1 Å². The highest BCUT2D eigenvalue weighted by molar-refractivity contribution is 14.1. The van der Waals surface area contributed by atoms with E-state index in [0.29, 0.717) is 9.99 Å². The summed E-state index contributed by atoms with van der Waals surface area (Å²) < 4.78 is 38.2. The molecule has 2 aromatic rings. The van der Waals surface area contributed by atoms with E-state index in [0.717, 1.165) is 5.56 Å². The van der Waals surface area contributed by atoms with Crippen LogP contribution < -0.4 is 9.46 Å². The first-order chi connectivity index (χ1) is 12.5. The number of carbonyl (C=O) groups is 1. The summed E-state index contributed by atoms with van der Waals surface area (Å²) >= 11 is 1.85. The van der Waals surface area contributed by atoms with Gasteiger partial charge in [-0.25, -0.2) is 13.1 Å². The number of nitrogens with zero attached hydrogens (tertiary/aromatic N) is 1. The van der Waals surface area contributed by atoms with Crippen LogP contribution in [0.3, 0.4) is 0 Å². The molecule has 27 heavy (non-hydrogen) atoms. The van der Waals surface area contributed by atoms with E-state index in [4.69, 9.17) is 14.4 Å². The highest BCUT2D eigenvalue weighted by Gasteiger charge is 2.23. The molecule has 0 aliphatic heterocycles. The molecular weight excluding hydrogens is 487 g/mol. The lowest BCUT2D eigenvalue weighted by molar-refractivity contribution is -0.137. The number of ether oxygens (including phenoxy) is 1. The van der Waals surface area contributed by atoms with Crippen molar-refractivity contribution in [1.29, 1.82) is 0 Å². The van der Waals surface area contributed by atoms with Gasteiger partial charge in [0.1, 0.15) is 3.57 Å². The van der Waals surface area contributed by atoms with Gasteiger partial charge in [-0.15, -0.1) is 0 Å². The number of halogens is 1. The number of hydrogen-bond donors (Lipinski definition) is 2. The maximum Gasteiger partial charge on any atom is 0.303 e. The van der Waals surface area contributed by atoms with Crippen LogP contribution in [0.4, 0.5) is 5.88 Å². The number of hydrogen-bond acceptors (Lipinski definition) is 6. The summed E-state index contributed by atoms with van der Waals surface area (Å²) in [5.74, 6) is -0.857. The summed E-state index contributed by atoms with van der Waals surface area (Å²) in [4.78, 5) is 10.6. The molecule has 8 nitrogen and oxygen atoms in total. The fourth-order valence-corrected chi connectivity index (χ4v) is 3.79. The first kappa shape index (κ1) is 21.5. The molecule has 2 N–H and O–H groups in total. The molecule has 0 radical (unpaired) electrons. The van der Waals surface area contributed by atoms with Crippen LogP contribution in [0.15, 0.2) is 33.7 Å². The first-order valence-corrected chi connectivity index (χ1v) is 10.7. The fraction of sp³-hybridized carbons (Fsp3) is 0.412. The lowest BCUT2D eigenvalue weighted by atomic mass is 9.87. The average molecular weight is 508 g/mol. The van der Waals surface area contributed by atoms with E-state index < -0.39 is 16.0 Å². The van der Waals surface area contributed by atoms with Crippen molar-refractivity contribution >= 4 is 44.5 Å². The number of carboxylic acid groups (broad SMARTS) is 1. The van der Waals surface area contributed by atoms with Gasteiger partial charge in [-0.3, -0.25) is 4.79 Å². The summed E-state index contributed by atoms with van der Waals surface area (Å²) in [7, 11) is -3.84. The van der Waals surface area contributed by atoms with Gasteiger partial charge in [0.15, 0.2) is 0 Å². The molecule has 1 heterocycles. The smallest absolute Gasteiger partial charge is 0.303 e. The zero-order valence-electron chi connectivity index (χ0n) is 15.2. The second-order valence-corrected chi connectivity index (χ2v) is 9.62. The van der Waals surface area contributed by atoms with Crippen LogP contribution in [0.1, 0.15) is 39.2 Å². The van der Waals surface area contributed by atoms with Crippen molar-refractivity contribution in [1.82, 2.24) is 5.16 Å². The normalized spacial score (nSPS) is 12.0. The molecule has 10 heteroatoms. The van der Waals surface area contributed by atoms with Crippen LogP contribution in [0, 0.1) is 3.57 Å². The SMILES string of the molecule is CC(C)(C)c1ccc(S(=O)(=O)Nc2onc(OCCCC(=O)O)c2I)cc1. The molecule has 1 aromatic carbocycles. The van der Waals surface area contributed by atoms with E-state index >= 15 is 0 Å². The van der Waals surface area contributed by atoms with Gasteiger partial charge in [0.25, 0.3) is 21.8 Å². The fourth-order valence-electron chi connectivity index (χ4n) is 2.12. The molecule has 0 amide bonds. The van der Waals surface area contributed by atoms with Crippen molar-refractivity contribution in [3.05, 3.63) is 33.4 Å². The third kappa shape index (κ3) is 5.83. The molecule has 0 spiro atoms. The number of benzene rings is 1. The Labute approximate surface area is 171 Å². The third-order valence-corrected chi connectivity index (χ3v) is 5.94. The molecule has 1 aromatic heterocycles. The van der Waals surface area contributed by atoms with Gasteiger partial charge in [0.2, 0.25) is 0 Å². The summed E-state index contributed by atoms with van der Waals surface area (Å²) in [6.45, 7) is 6.27. The maximum atomic E-state index is 12.6. The highest BCUT2D eigenvalue weighted by atomic mass is 127.